The molecule has 0 bridgehead atoms. The summed E-state index contributed by atoms with van der Waals surface area (Å²) in [6.07, 6.45) is 0.797. The van der Waals surface area contributed by atoms with Crippen molar-refractivity contribution in [3.05, 3.63) is 29.8 Å². The van der Waals surface area contributed by atoms with Crippen molar-refractivity contribution in [3.63, 3.8) is 0 Å². The summed E-state index contributed by atoms with van der Waals surface area (Å²) in [5.74, 6) is -4.25. The fourth-order valence-electron chi connectivity index (χ4n) is 1.70. The topological polar surface area (TPSA) is 57.6 Å². The molecule has 110 valence electrons. The molecule has 1 N–H and O–H groups in total. The van der Waals surface area contributed by atoms with Crippen molar-refractivity contribution in [3.8, 4) is 0 Å². The van der Waals surface area contributed by atoms with Gasteiger partial charge in [0.1, 0.15) is 0 Å². The lowest BCUT2D eigenvalue weighted by atomic mass is 10.1. The van der Waals surface area contributed by atoms with Crippen LogP contribution in [0.15, 0.2) is 18.2 Å². The summed E-state index contributed by atoms with van der Waals surface area (Å²) in [4.78, 5) is 24.1. The molecule has 0 fully saturated rings. The molecular weight excluding hydrogens is 268 g/mol. The lowest BCUT2D eigenvalue weighted by Crippen LogP contribution is -2.37. The molecule has 0 spiro atoms. The highest BCUT2D eigenvalue weighted by molar-refractivity contribution is 5.93. The molecule has 0 saturated carbocycles. The Bertz CT molecular complexity index is 505. The number of rotatable bonds is 6. The number of amides is 1. The number of carbonyl (C=O) groups excluding carboxylic acids is 1. The highest BCUT2D eigenvalue weighted by Gasteiger charge is 2.22. The van der Waals surface area contributed by atoms with Crippen molar-refractivity contribution in [2.24, 2.45) is 5.92 Å². The van der Waals surface area contributed by atoms with E-state index in [0.717, 1.165) is 12.1 Å². The first-order valence-electron chi connectivity index (χ1n) is 6.35. The summed E-state index contributed by atoms with van der Waals surface area (Å²) >= 11 is 0. The zero-order chi connectivity index (χ0) is 15.3. The van der Waals surface area contributed by atoms with Gasteiger partial charge in [-0.15, -0.1) is 0 Å². The molecule has 6 heteroatoms. The molecule has 4 nitrogen and oxygen atoms in total. The Kier molecular flexibility index (Phi) is 5.61. The average Bonchev–Trinajstić information content (AvgIpc) is 2.39. The number of hydrogen-bond donors (Lipinski definition) is 1. The van der Waals surface area contributed by atoms with E-state index in [4.69, 9.17) is 5.11 Å². The van der Waals surface area contributed by atoms with Gasteiger partial charge in [-0.1, -0.05) is 13.8 Å². The van der Waals surface area contributed by atoms with Crippen LogP contribution in [0.5, 0.6) is 0 Å². The number of benzene rings is 1. The highest BCUT2D eigenvalue weighted by Crippen LogP contribution is 2.20. The second-order valence-electron chi connectivity index (χ2n) is 4.59. The van der Waals surface area contributed by atoms with Gasteiger partial charge in [-0.3, -0.25) is 9.59 Å². The van der Waals surface area contributed by atoms with Gasteiger partial charge in [0.05, 0.1) is 5.92 Å². The monoisotopic (exact) mass is 285 g/mol. The molecule has 1 amide bonds. The first-order valence-corrected chi connectivity index (χ1v) is 6.35. The van der Waals surface area contributed by atoms with Gasteiger partial charge >= 0.3 is 5.97 Å². The van der Waals surface area contributed by atoms with Gasteiger partial charge in [0, 0.05) is 24.7 Å². The molecule has 0 heterocycles. The molecule has 0 aliphatic rings. The van der Waals surface area contributed by atoms with Crippen LogP contribution in [0.2, 0.25) is 0 Å². The second-order valence-corrected chi connectivity index (χ2v) is 4.59. The van der Waals surface area contributed by atoms with Gasteiger partial charge in [0.25, 0.3) is 0 Å². The van der Waals surface area contributed by atoms with Crippen molar-refractivity contribution in [2.75, 3.05) is 11.4 Å². The van der Waals surface area contributed by atoms with Crippen LogP contribution in [0.3, 0.4) is 0 Å². The number of halogens is 2. The minimum absolute atomic E-state index is 0.0841. The van der Waals surface area contributed by atoms with Gasteiger partial charge in [0.15, 0.2) is 11.6 Å². The van der Waals surface area contributed by atoms with Crippen LogP contribution in [-0.2, 0) is 9.59 Å². The predicted octanol–water partition coefficient (Wildman–Crippen LogP) is 2.82. The molecule has 1 aromatic rings. The van der Waals surface area contributed by atoms with E-state index in [0.29, 0.717) is 6.42 Å². The van der Waals surface area contributed by atoms with Crippen molar-refractivity contribution in [2.45, 2.75) is 26.7 Å². The maximum atomic E-state index is 13.3. The molecule has 0 saturated heterocycles. The summed E-state index contributed by atoms with van der Waals surface area (Å²) in [6, 6.07) is 3.08. The van der Waals surface area contributed by atoms with Crippen molar-refractivity contribution >= 4 is 17.6 Å². The van der Waals surface area contributed by atoms with Crippen LogP contribution in [0, 0.1) is 17.6 Å². The zero-order valence-corrected chi connectivity index (χ0v) is 11.4. The summed E-state index contributed by atoms with van der Waals surface area (Å²) in [6.45, 7) is 3.18. The molecule has 1 unspecified atom stereocenters. The van der Waals surface area contributed by atoms with Crippen molar-refractivity contribution in [1.29, 1.82) is 0 Å². The summed E-state index contributed by atoms with van der Waals surface area (Å²) in [5.41, 5.74) is 0.162. The van der Waals surface area contributed by atoms with Crippen LogP contribution in [0.4, 0.5) is 14.5 Å². The Hall–Kier alpha value is -1.98. The Labute approximate surface area is 116 Å². The zero-order valence-electron chi connectivity index (χ0n) is 11.4. The van der Waals surface area contributed by atoms with E-state index in [-0.39, 0.29) is 24.6 Å². The number of hydrogen-bond acceptors (Lipinski definition) is 2. The lowest BCUT2D eigenvalue weighted by molar-refractivity contribution is -0.140. The minimum atomic E-state index is -1.07. The van der Waals surface area contributed by atoms with E-state index >= 15 is 0 Å². The van der Waals surface area contributed by atoms with Gasteiger partial charge in [-0.25, -0.2) is 8.78 Å². The predicted molar refractivity (Wildman–Crippen MR) is 70.4 cm³/mol. The largest absolute Gasteiger partial charge is 0.481 e. The Morgan fingerprint density at radius 1 is 1.30 bits per heavy atom. The molecule has 20 heavy (non-hydrogen) atoms. The smallest absolute Gasteiger partial charge is 0.308 e. The highest BCUT2D eigenvalue weighted by atomic mass is 19.2. The Morgan fingerprint density at radius 3 is 2.45 bits per heavy atom. The fourth-order valence-corrected chi connectivity index (χ4v) is 1.70. The van der Waals surface area contributed by atoms with Crippen LogP contribution >= 0.6 is 0 Å². The standard InChI is InChI=1S/C14H17F2NO3/c1-3-4-13(18)17(8-9(2)14(19)20)10-5-6-11(15)12(16)7-10/h5-7,9H,3-4,8H2,1-2H3,(H,19,20). The third kappa shape index (κ3) is 4.01. The van der Waals surface area contributed by atoms with E-state index in [1.54, 1.807) is 0 Å². The van der Waals surface area contributed by atoms with Gasteiger partial charge in [-0.05, 0) is 18.6 Å². The first kappa shape index (κ1) is 16.1. The average molecular weight is 285 g/mol. The van der Waals surface area contributed by atoms with E-state index in [9.17, 15) is 18.4 Å². The molecule has 0 radical (unpaired) electrons. The summed E-state index contributed by atoms with van der Waals surface area (Å²) in [7, 11) is 0. The van der Waals surface area contributed by atoms with E-state index in [1.807, 2.05) is 6.92 Å². The van der Waals surface area contributed by atoms with Gasteiger partial charge < -0.3 is 10.0 Å². The second kappa shape index (κ2) is 6.98. The Morgan fingerprint density at radius 2 is 1.95 bits per heavy atom. The van der Waals surface area contributed by atoms with Crippen LogP contribution in [0.1, 0.15) is 26.7 Å². The van der Waals surface area contributed by atoms with Crippen molar-refractivity contribution in [1.82, 2.24) is 0 Å². The lowest BCUT2D eigenvalue weighted by Gasteiger charge is -2.24. The molecule has 0 aromatic heterocycles. The minimum Gasteiger partial charge on any atom is -0.481 e. The maximum absolute atomic E-state index is 13.3. The third-order valence-corrected chi connectivity index (χ3v) is 2.86. The van der Waals surface area contributed by atoms with Crippen LogP contribution < -0.4 is 4.90 Å². The number of aliphatic carboxylic acids is 1. The van der Waals surface area contributed by atoms with E-state index in [2.05, 4.69) is 0 Å². The third-order valence-electron chi connectivity index (χ3n) is 2.86. The molecule has 1 aromatic carbocycles. The number of anilines is 1. The fraction of sp³-hybridized carbons (Fsp3) is 0.429. The quantitative estimate of drug-likeness (QED) is 0.874. The number of carbonyl (C=O) groups is 2. The molecule has 1 atom stereocenters. The van der Waals surface area contributed by atoms with Crippen LogP contribution in [0.25, 0.3) is 0 Å². The van der Waals surface area contributed by atoms with Gasteiger partial charge in [0.2, 0.25) is 5.91 Å². The molecule has 0 aliphatic heterocycles. The first-order chi connectivity index (χ1) is 9.36. The normalized spacial score (nSPS) is 12.0. The SMILES string of the molecule is CCCC(=O)N(CC(C)C(=O)O)c1ccc(F)c(F)c1. The number of carboxylic acid groups (broad SMARTS) is 1. The molecular formula is C14H17F2NO3. The molecule has 1 rings (SSSR count). The van der Waals surface area contributed by atoms with Gasteiger partial charge in [-0.2, -0.15) is 0 Å². The summed E-state index contributed by atoms with van der Waals surface area (Å²) in [5, 5.41) is 8.92. The number of nitrogens with zero attached hydrogens (tertiary/aromatic N) is 1. The van der Waals surface area contributed by atoms with Crippen LogP contribution in [-0.4, -0.2) is 23.5 Å². The van der Waals surface area contributed by atoms with E-state index in [1.165, 1.54) is 17.9 Å². The maximum Gasteiger partial charge on any atom is 0.308 e. The molecule has 0 aliphatic carbocycles. The van der Waals surface area contributed by atoms with E-state index < -0.39 is 23.5 Å². The van der Waals surface area contributed by atoms with Crippen molar-refractivity contribution < 1.29 is 23.5 Å². The Balaban J connectivity index is 3.05. The number of carboxylic acids is 1. The summed E-state index contributed by atoms with van der Waals surface area (Å²) < 4.78 is 26.2.